The lowest BCUT2D eigenvalue weighted by Crippen LogP contribution is -2.43. The summed E-state index contributed by atoms with van der Waals surface area (Å²) in [4.78, 5) is 36.6. The molecule has 0 radical (unpaired) electrons. The third kappa shape index (κ3) is 6.76. The van der Waals surface area contributed by atoms with E-state index < -0.39 is 11.8 Å². The summed E-state index contributed by atoms with van der Waals surface area (Å²) in [6, 6.07) is 6.47. The predicted molar refractivity (Wildman–Crippen MR) is 89.7 cm³/mol. The second-order valence-corrected chi connectivity index (χ2v) is 4.99. The summed E-state index contributed by atoms with van der Waals surface area (Å²) in [7, 11) is 3.05. The van der Waals surface area contributed by atoms with Crippen LogP contribution in [-0.4, -0.2) is 63.1 Å². The van der Waals surface area contributed by atoms with Crippen molar-refractivity contribution >= 4 is 29.1 Å². The molecule has 0 aliphatic heterocycles. The Labute approximate surface area is 141 Å². The van der Waals surface area contributed by atoms with Crippen LogP contribution in [0.1, 0.15) is 6.92 Å². The van der Waals surface area contributed by atoms with E-state index in [1.807, 2.05) is 0 Å². The van der Waals surface area contributed by atoms with Crippen molar-refractivity contribution in [3.63, 3.8) is 0 Å². The highest BCUT2D eigenvalue weighted by molar-refractivity contribution is 6.39. The van der Waals surface area contributed by atoms with Gasteiger partial charge in [-0.2, -0.15) is 0 Å². The van der Waals surface area contributed by atoms with Gasteiger partial charge in [0.15, 0.2) is 0 Å². The topological polar surface area (TPSA) is 97.0 Å². The van der Waals surface area contributed by atoms with E-state index in [0.29, 0.717) is 37.7 Å². The number of carbonyl (C=O) groups excluding carboxylic acids is 3. The van der Waals surface area contributed by atoms with E-state index in [1.54, 1.807) is 24.3 Å². The van der Waals surface area contributed by atoms with Gasteiger partial charge in [0.2, 0.25) is 5.91 Å². The predicted octanol–water partition coefficient (Wildman–Crippen LogP) is 0.705. The van der Waals surface area contributed by atoms with Crippen molar-refractivity contribution in [2.75, 3.05) is 51.2 Å². The molecule has 0 heterocycles. The van der Waals surface area contributed by atoms with Crippen LogP contribution in [-0.2, 0) is 23.9 Å². The molecule has 1 aromatic rings. The highest BCUT2D eigenvalue weighted by Gasteiger charge is 2.21. The molecule has 1 rings (SSSR count). The molecule has 0 saturated carbocycles. The first-order valence-corrected chi connectivity index (χ1v) is 7.43. The molecule has 0 aliphatic rings. The standard InChI is InChI=1S/C16H23N3O5/c1-12(20)17-13-4-6-14(7-5-13)18-15(21)16(22)19(8-10-23-2)9-11-24-3/h4-7H,8-11H2,1-3H3,(H,17,20)(H,18,21). The van der Waals surface area contributed by atoms with Gasteiger partial charge in [0.05, 0.1) is 13.2 Å². The molecule has 0 aromatic heterocycles. The molecule has 8 nitrogen and oxygen atoms in total. The number of anilines is 2. The number of ether oxygens (including phenoxy) is 2. The second kappa shape index (κ2) is 10.3. The van der Waals surface area contributed by atoms with Crippen molar-refractivity contribution in [3.8, 4) is 0 Å². The second-order valence-electron chi connectivity index (χ2n) is 4.99. The minimum atomic E-state index is -0.741. The van der Waals surface area contributed by atoms with Crippen molar-refractivity contribution in [2.24, 2.45) is 0 Å². The number of nitrogens with zero attached hydrogens (tertiary/aromatic N) is 1. The van der Waals surface area contributed by atoms with Gasteiger partial charge in [0, 0.05) is 45.6 Å². The van der Waals surface area contributed by atoms with Crippen molar-refractivity contribution < 1.29 is 23.9 Å². The zero-order valence-electron chi connectivity index (χ0n) is 14.1. The number of hydrogen-bond donors (Lipinski definition) is 2. The molecule has 8 heteroatoms. The Morgan fingerprint density at radius 2 is 1.38 bits per heavy atom. The molecular weight excluding hydrogens is 314 g/mol. The van der Waals surface area contributed by atoms with Crippen LogP contribution in [0.3, 0.4) is 0 Å². The molecule has 0 aliphatic carbocycles. The van der Waals surface area contributed by atoms with Gasteiger partial charge in [0.25, 0.3) is 0 Å². The number of rotatable bonds is 8. The van der Waals surface area contributed by atoms with E-state index in [0.717, 1.165) is 0 Å². The summed E-state index contributed by atoms with van der Waals surface area (Å²) in [6.07, 6.45) is 0. The largest absolute Gasteiger partial charge is 0.383 e. The average molecular weight is 337 g/mol. The number of amides is 3. The van der Waals surface area contributed by atoms with E-state index in [9.17, 15) is 14.4 Å². The van der Waals surface area contributed by atoms with Crippen LogP contribution in [0, 0.1) is 0 Å². The maximum absolute atomic E-state index is 12.2. The van der Waals surface area contributed by atoms with Crippen LogP contribution >= 0.6 is 0 Å². The lowest BCUT2D eigenvalue weighted by Gasteiger charge is -2.21. The van der Waals surface area contributed by atoms with Gasteiger partial charge >= 0.3 is 11.8 Å². The first kappa shape index (κ1) is 19.6. The third-order valence-corrected chi connectivity index (χ3v) is 3.08. The lowest BCUT2D eigenvalue weighted by atomic mass is 10.2. The Bertz CT molecular complexity index is 551. The van der Waals surface area contributed by atoms with Gasteiger partial charge in [-0.05, 0) is 24.3 Å². The molecule has 1 aromatic carbocycles. The van der Waals surface area contributed by atoms with Gasteiger partial charge in [-0.1, -0.05) is 0 Å². The van der Waals surface area contributed by atoms with Crippen molar-refractivity contribution in [3.05, 3.63) is 24.3 Å². The van der Waals surface area contributed by atoms with Crippen LogP contribution < -0.4 is 10.6 Å². The summed E-state index contributed by atoms with van der Waals surface area (Å²) >= 11 is 0. The van der Waals surface area contributed by atoms with Crippen LogP contribution in [0.25, 0.3) is 0 Å². The molecule has 2 N–H and O–H groups in total. The Morgan fingerprint density at radius 3 is 1.79 bits per heavy atom. The van der Waals surface area contributed by atoms with Gasteiger partial charge in [-0.25, -0.2) is 0 Å². The molecule has 0 spiro atoms. The normalized spacial score (nSPS) is 10.1. The highest BCUT2D eigenvalue weighted by atomic mass is 16.5. The summed E-state index contributed by atoms with van der Waals surface area (Å²) in [6.45, 7) is 2.66. The summed E-state index contributed by atoms with van der Waals surface area (Å²) < 4.78 is 9.89. The van der Waals surface area contributed by atoms with E-state index in [1.165, 1.54) is 26.0 Å². The summed E-state index contributed by atoms with van der Waals surface area (Å²) in [5, 5.41) is 5.15. The molecule has 0 saturated heterocycles. The van der Waals surface area contributed by atoms with Crippen LogP contribution in [0.2, 0.25) is 0 Å². The number of benzene rings is 1. The van der Waals surface area contributed by atoms with Crippen LogP contribution in [0.15, 0.2) is 24.3 Å². The molecule has 132 valence electrons. The zero-order chi connectivity index (χ0) is 17.9. The number of methoxy groups -OCH3 is 2. The zero-order valence-corrected chi connectivity index (χ0v) is 14.1. The van der Waals surface area contributed by atoms with Gasteiger partial charge in [-0.3, -0.25) is 14.4 Å². The fourth-order valence-electron chi connectivity index (χ4n) is 1.89. The first-order valence-electron chi connectivity index (χ1n) is 7.43. The van der Waals surface area contributed by atoms with Crippen LogP contribution in [0.5, 0.6) is 0 Å². The van der Waals surface area contributed by atoms with Crippen molar-refractivity contribution in [1.29, 1.82) is 0 Å². The smallest absolute Gasteiger partial charge is 0.313 e. The first-order chi connectivity index (χ1) is 11.5. The van der Waals surface area contributed by atoms with Crippen molar-refractivity contribution in [2.45, 2.75) is 6.92 Å². The summed E-state index contributed by atoms with van der Waals surface area (Å²) in [5.74, 6) is -1.58. The third-order valence-electron chi connectivity index (χ3n) is 3.08. The number of hydrogen-bond acceptors (Lipinski definition) is 5. The maximum Gasteiger partial charge on any atom is 0.313 e. The molecule has 0 fully saturated rings. The molecule has 24 heavy (non-hydrogen) atoms. The van der Waals surface area contributed by atoms with E-state index >= 15 is 0 Å². The van der Waals surface area contributed by atoms with Crippen molar-refractivity contribution in [1.82, 2.24) is 4.90 Å². The Hall–Kier alpha value is -2.45. The average Bonchev–Trinajstić information content (AvgIpc) is 2.55. The lowest BCUT2D eigenvalue weighted by molar-refractivity contribution is -0.144. The molecule has 0 atom stereocenters. The maximum atomic E-state index is 12.2. The molecule has 0 unspecified atom stereocenters. The number of nitrogens with one attached hydrogen (secondary N) is 2. The molecule has 0 bridgehead atoms. The Balaban J connectivity index is 2.65. The SMILES string of the molecule is COCCN(CCOC)C(=O)C(=O)Nc1ccc(NC(C)=O)cc1. The molecule has 3 amide bonds. The minimum Gasteiger partial charge on any atom is -0.383 e. The van der Waals surface area contributed by atoms with Gasteiger partial charge < -0.3 is 25.0 Å². The number of carbonyl (C=O) groups is 3. The van der Waals surface area contributed by atoms with E-state index in [4.69, 9.17) is 9.47 Å². The monoisotopic (exact) mass is 337 g/mol. The Kier molecular flexibility index (Phi) is 8.45. The fourth-order valence-corrected chi connectivity index (χ4v) is 1.89. The molecular formula is C16H23N3O5. The van der Waals surface area contributed by atoms with Gasteiger partial charge in [-0.15, -0.1) is 0 Å². The highest BCUT2D eigenvalue weighted by Crippen LogP contribution is 2.13. The van der Waals surface area contributed by atoms with Gasteiger partial charge in [0.1, 0.15) is 0 Å². The Morgan fingerprint density at radius 1 is 0.917 bits per heavy atom. The summed E-state index contributed by atoms with van der Waals surface area (Å²) in [5.41, 5.74) is 1.06. The van der Waals surface area contributed by atoms with E-state index in [-0.39, 0.29) is 5.91 Å². The minimum absolute atomic E-state index is 0.186. The quantitative estimate of drug-likeness (QED) is 0.681. The van der Waals surface area contributed by atoms with E-state index in [2.05, 4.69) is 10.6 Å². The fraction of sp³-hybridized carbons (Fsp3) is 0.438. The van der Waals surface area contributed by atoms with Crippen LogP contribution in [0.4, 0.5) is 11.4 Å².